The lowest BCUT2D eigenvalue weighted by Crippen LogP contribution is -2.29. The Morgan fingerprint density at radius 3 is 1.65 bits per heavy atom. The van der Waals surface area contributed by atoms with Gasteiger partial charge in [0.05, 0.1) is 35.5 Å². The number of ether oxygens (including phenoxy) is 1. The van der Waals surface area contributed by atoms with Gasteiger partial charge < -0.3 is 25.2 Å². The summed E-state index contributed by atoms with van der Waals surface area (Å²) >= 11 is 0. The van der Waals surface area contributed by atoms with E-state index in [0.29, 0.717) is 46.6 Å². The van der Waals surface area contributed by atoms with E-state index in [2.05, 4.69) is 39.4 Å². The lowest BCUT2D eigenvalue weighted by molar-refractivity contribution is -0.151. The number of esters is 1. The molecule has 2 aromatic rings. The van der Waals surface area contributed by atoms with Crippen LogP contribution in [0.25, 0.3) is 0 Å². The number of hydrogen-bond donors (Lipinski definition) is 4. The van der Waals surface area contributed by atoms with Crippen molar-refractivity contribution in [3.8, 4) is 0 Å². The molecule has 0 heterocycles. The number of rotatable bonds is 10. The van der Waals surface area contributed by atoms with Crippen LogP contribution in [0.1, 0.15) is 164 Å². The zero-order valence-electron chi connectivity index (χ0n) is 36.0. The van der Waals surface area contributed by atoms with Crippen molar-refractivity contribution in [3.05, 3.63) is 70.8 Å². The number of methoxy groups -OCH3 is 1. The fraction of sp³-hybridized carbons (Fsp3) is 0.638. The number of carboxylic acids is 4. The molecule has 0 aromatic heterocycles. The monoisotopic (exact) mass is 794 g/mol. The molecule has 318 valence electrons. The molecule has 4 fully saturated rings. The zero-order valence-corrected chi connectivity index (χ0v) is 36.0. The average Bonchev–Trinajstić information content (AvgIpc) is 4.01. The highest BCUT2D eigenvalue weighted by Crippen LogP contribution is 2.55. The van der Waals surface area contributed by atoms with Gasteiger partial charge >= 0.3 is 29.8 Å². The first kappa shape index (κ1) is 48.9. The van der Waals surface area contributed by atoms with Crippen molar-refractivity contribution in [2.45, 2.75) is 132 Å². The standard InChI is InChI=1S/2C11H14O2.C10H16O2.C8H12O2.C7H14O2/c1-3-8(2)9-4-6-10(7-5-9)11(12)13;1-3-8(2)9-6-4-5-7-10(9)11(12)13;1-5-6(2)8-3-7(5)4-9(8)10(11)12;9-8(10)7-4-5-1-2-6(7)3-5;1-5-7(2,3)6(8)9-4/h2*4-8H,3H2,1-2H3,(H,12,13);5-9H,3-4H2,1-2H3,(H,11,12);5-7H,1-4H2,(H,9,10);5H2,1-4H3. The van der Waals surface area contributed by atoms with Gasteiger partial charge in [-0.15, -0.1) is 0 Å². The highest BCUT2D eigenvalue weighted by Gasteiger charge is 2.51. The van der Waals surface area contributed by atoms with Gasteiger partial charge in [0, 0.05) is 0 Å². The van der Waals surface area contributed by atoms with Gasteiger partial charge in [-0.1, -0.05) is 85.2 Å². The second-order valence-corrected chi connectivity index (χ2v) is 17.3. The molecule has 4 saturated carbocycles. The molecule has 0 aliphatic heterocycles. The Kier molecular flexibility index (Phi) is 19.5. The molecule has 4 bridgehead atoms. The van der Waals surface area contributed by atoms with Gasteiger partial charge in [0.25, 0.3) is 0 Å². The Morgan fingerprint density at radius 2 is 1.28 bits per heavy atom. The van der Waals surface area contributed by atoms with Crippen LogP contribution in [0.5, 0.6) is 0 Å². The number of carbonyl (C=O) groups is 5. The summed E-state index contributed by atoms with van der Waals surface area (Å²) in [6.45, 7) is 18.6. The molecule has 4 aliphatic rings. The van der Waals surface area contributed by atoms with Gasteiger partial charge in [0.1, 0.15) is 0 Å². The van der Waals surface area contributed by atoms with Crippen LogP contribution >= 0.6 is 0 Å². The minimum atomic E-state index is -0.865. The van der Waals surface area contributed by atoms with Crippen molar-refractivity contribution in [1.29, 1.82) is 0 Å². The lowest BCUT2D eigenvalue weighted by Gasteiger charge is -2.29. The van der Waals surface area contributed by atoms with Crippen molar-refractivity contribution in [3.63, 3.8) is 0 Å². The third-order valence-electron chi connectivity index (χ3n) is 13.6. The predicted molar refractivity (Wildman–Crippen MR) is 223 cm³/mol. The molecule has 57 heavy (non-hydrogen) atoms. The summed E-state index contributed by atoms with van der Waals surface area (Å²) in [7, 11) is 1.42. The minimum Gasteiger partial charge on any atom is -0.481 e. The quantitative estimate of drug-likeness (QED) is 0.169. The van der Waals surface area contributed by atoms with Crippen molar-refractivity contribution >= 4 is 29.8 Å². The molecule has 0 amide bonds. The minimum absolute atomic E-state index is 0.0127. The van der Waals surface area contributed by atoms with E-state index in [1.807, 2.05) is 52.0 Å². The summed E-state index contributed by atoms with van der Waals surface area (Å²) in [6.07, 6.45) is 9.56. The fourth-order valence-electron chi connectivity index (χ4n) is 8.72. The van der Waals surface area contributed by atoms with Gasteiger partial charge in [0.15, 0.2) is 0 Å². The first-order valence-corrected chi connectivity index (χ1v) is 20.9. The van der Waals surface area contributed by atoms with Crippen molar-refractivity contribution in [2.75, 3.05) is 7.11 Å². The number of aliphatic carboxylic acids is 2. The maximum atomic E-state index is 10.8. The van der Waals surface area contributed by atoms with E-state index in [1.165, 1.54) is 38.4 Å². The van der Waals surface area contributed by atoms with E-state index < -0.39 is 23.9 Å². The van der Waals surface area contributed by atoms with Gasteiger partial charge in [-0.25, -0.2) is 9.59 Å². The molecule has 2 aromatic carbocycles. The smallest absolute Gasteiger partial charge is 0.335 e. The maximum Gasteiger partial charge on any atom is 0.335 e. The largest absolute Gasteiger partial charge is 0.481 e. The predicted octanol–water partition coefficient (Wildman–Crippen LogP) is 10.9. The topological polar surface area (TPSA) is 175 Å². The Hall–Kier alpha value is -4.21. The first-order chi connectivity index (χ1) is 26.7. The summed E-state index contributed by atoms with van der Waals surface area (Å²) in [4.78, 5) is 53.7. The Balaban J connectivity index is 0.000000248. The Labute approximate surface area is 340 Å². The summed E-state index contributed by atoms with van der Waals surface area (Å²) < 4.78 is 4.57. The van der Waals surface area contributed by atoms with Crippen LogP contribution in [0.4, 0.5) is 0 Å². The third-order valence-corrected chi connectivity index (χ3v) is 13.6. The zero-order chi connectivity index (χ0) is 43.2. The Morgan fingerprint density at radius 1 is 0.702 bits per heavy atom. The van der Waals surface area contributed by atoms with Crippen LogP contribution in [-0.2, 0) is 19.1 Å². The summed E-state index contributed by atoms with van der Waals surface area (Å²) in [5, 5.41) is 35.3. The van der Waals surface area contributed by atoms with E-state index in [-0.39, 0.29) is 23.2 Å². The van der Waals surface area contributed by atoms with E-state index in [1.54, 1.807) is 24.3 Å². The summed E-state index contributed by atoms with van der Waals surface area (Å²) in [5.41, 5.74) is 2.60. The number of carboxylic acid groups (broad SMARTS) is 4. The second-order valence-electron chi connectivity index (χ2n) is 17.3. The number of hydrogen-bond acceptors (Lipinski definition) is 6. The number of benzene rings is 2. The molecule has 10 atom stereocenters. The second kappa shape index (κ2) is 22.7. The first-order valence-electron chi connectivity index (χ1n) is 20.9. The average molecular weight is 795 g/mol. The van der Waals surface area contributed by atoms with Crippen molar-refractivity contribution in [2.24, 2.45) is 52.8 Å². The SMILES string of the molecule is CC1C2CC(C(=O)O)C(C2)C1C.CCC(C)(C)C(=O)OC.CCC(C)c1ccc(C(=O)O)cc1.CCC(C)c1ccccc1C(=O)O.O=C(O)C1CC2CCC1C2. The molecule has 10 nitrogen and oxygen atoms in total. The van der Waals surface area contributed by atoms with Gasteiger partial charge in [-0.05, 0) is 142 Å². The van der Waals surface area contributed by atoms with Crippen molar-refractivity contribution < 1.29 is 49.1 Å². The molecule has 0 saturated heterocycles. The lowest BCUT2D eigenvalue weighted by atomic mass is 9.76. The van der Waals surface area contributed by atoms with Gasteiger partial charge in [-0.3, -0.25) is 14.4 Å². The number of aromatic carboxylic acids is 2. The van der Waals surface area contributed by atoms with Crippen LogP contribution in [0.2, 0.25) is 0 Å². The third kappa shape index (κ3) is 13.7. The molecule has 6 rings (SSSR count). The van der Waals surface area contributed by atoms with E-state index >= 15 is 0 Å². The molecule has 0 radical (unpaired) electrons. The van der Waals surface area contributed by atoms with E-state index in [0.717, 1.165) is 49.5 Å². The Bertz CT molecular complexity index is 1610. The van der Waals surface area contributed by atoms with Crippen LogP contribution in [0.3, 0.4) is 0 Å². The number of fused-ring (bicyclic) bond motifs is 4. The molecule has 4 aliphatic carbocycles. The molecule has 0 spiro atoms. The van der Waals surface area contributed by atoms with Crippen LogP contribution in [0.15, 0.2) is 48.5 Å². The fourth-order valence-corrected chi connectivity index (χ4v) is 8.72. The van der Waals surface area contributed by atoms with Crippen LogP contribution < -0.4 is 0 Å². The molecule has 10 heteroatoms. The molecular formula is C47H70O10. The molecule has 4 N–H and O–H groups in total. The highest BCUT2D eigenvalue weighted by atomic mass is 16.5. The van der Waals surface area contributed by atoms with E-state index in [4.69, 9.17) is 20.4 Å². The van der Waals surface area contributed by atoms with Gasteiger partial charge in [0.2, 0.25) is 0 Å². The summed E-state index contributed by atoms with van der Waals surface area (Å²) in [5.74, 6) is 1.68. The number of carbonyl (C=O) groups excluding carboxylic acids is 1. The van der Waals surface area contributed by atoms with Crippen LogP contribution in [-0.4, -0.2) is 57.4 Å². The summed E-state index contributed by atoms with van der Waals surface area (Å²) in [6, 6.07) is 14.3. The normalized spacial score (nSPS) is 26.0. The molecular weight excluding hydrogens is 725 g/mol. The van der Waals surface area contributed by atoms with E-state index in [9.17, 15) is 24.0 Å². The highest BCUT2D eigenvalue weighted by molar-refractivity contribution is 5.89. The molecule has 10 unspecified atom stereocenters. The maximum absolute atomic E-state index is 10.8. The van der Waals surface area contributed by atoms with Crippen LogP contribution in [0, 0.1) is 52.8 Å². The van der Waals surface area contributed by atoms with Crippen molar-refractivity contribution in [1.82, 2.24) is 0 Å². The van der Waals surface area contributed by atoms with Gasteiger partial charge in [-0.2, -0.15) is 0 Å².